The first-order valence-electron chi connectivity index (χ1n) is 5.39. The fourth-order valence-electron chi connectivity index (χ4n) is 1.51. The van der Waals surface area contributed by atoms with Crippen LogP contribution in [0.3, 0.4) is 0 Å². The van der Waals surface area contributed by atoms with Crippen LogP contribution in [0.1, 0.15) is 10.4 Å². The van der Waals surface area contributed by atoms with E-state index < -0.39 is 5.97 Å². The zero-order valence-corrected chi connectivity index (χ0v) is 11.9. The lowest BCUT2D eigenvalue weighted by Gasteiger charge is -2.07. The van der Waals surface area contributed by atoms with Crippen LogP contribution in [0.2, 0.25) is 0 Å². The van der Waals surface area contributed by atoms with Gasteiger partial charge in [0.25, 0.3) is 0 Å². The Hall–Kier alpha value is -2.30. The first-order valence-corrected chi connectivity index (χ1v) is 6.47. The summed E-state index contributed by atoms with van der Waals surface area (Å²) < 4.78 is 7.57. The second-order valence-electron chi connectivity index (χ2n) is 3.75. The molecule has 100 valence electrons. The topological polar surface area (TPSA) is 102 Å². The van der Waals surface area contributed by atoms with Crippen LogP contribution in [0.5, 0.6) is 11.6 Å². The van der Waals surface area contributed by atoms with Gasteiger partial charge < -0.3 is 9.84 Å². The van der Waals surface area contributed by atoms with Crippen LogP contribution in [-0.4, -0.2) is 36.3 Å². The number of hydrogen-bond acceptors (Lipinski definition) is 6. The van der Waals surface area contributed by atoms with Crippen LogP contribution >= 0.6 is 22.6 Å². The minimum absolute atomic E-state index is 0.143. The minimum Gasteiger partial charge on any atom is -0.478 e. The van der Waals surface area contributed by atoms with Gasteiger partial charge in [0.05, 0.1) is 9.13 Å². The third-order valence-corrected chi connectivity index (χ3v) is 3.33. The van der Waals surface area contributed by atoms with Gasteiger partial charge in [0.1, 0.15) is 5.75 Å². The molecule has 8 nitrogen and oxygen atoms in total. The normalized spacial score (nSPS) is 10.7. The van der Waals surface area contributed by atoms with E-state index in [0.29, 0.717) is 11.4 Å². The molecule has 0 saturated heterocycles. The van der Waals surface area contributed by atoms with Crippen LogP contribution in [0.4, 0.5) is 0 Å². The number of benzene rings is 1. The number of ether oxygens (including phenoxy) is 1. The van der Waals surface area contributed by atoms with Gasteiger partial charge >= 0.3 is 5.97 Å². The highest BCUT2D eigenvalue weighted by Crippen LogP contribution is 2.26. The highest BCUT2D eigenvalue weighted by molar-refractivity contribution is 14.1. The lowest BCUT2D eigenvalue weighted by Crippen LogP contribution is -2.00. The van der Waals surface area contributed by atoms with Crippen molar-refractivity contribution in [1.82, 2.24) is 25.3 Å². The van der Waals surface area contributed by atoms with E-state index in [1.165, 1.54) is 16.8 Å². The minimum atomic E-state index is -1.02. The number of carbonyl (C=O) groups is 1. The number of aromatic nitrogens is 5. The van der Waals surface area contributed by atoms with Gasteiger partial charge in [-0.3, -0.25) is 0 Å². The Morgan fingerprint density at radius 3 is 2.95 bits per heavy atom. The van der Waals surface area contributed by atoms with E-state index in [-0.39, 0.29) is 11.4 Å². The zero-order chi connectivity index (χ0) is 14.1. The Kier molecular flexibility index (Phi) is 3.18. The molecule has 0 aliphatic carbocycles. The van der Waals surface area contributed by atoms with Crippen LogP contribution in [0.15, 0.2) is 30.3 Å². The van der Waals surface area contributed by atoms with E-state index >= 15 is 0 Å². The summed E-state index contributed by atoms with van der Waals surface area (Å²) in [5, 5.41) is 23.9. The van der Waals surface area contributed by atoms with Gasteiger partial charge in [-0.1, -0.05) is 0 Å². The van der Waals surface area contributed by atoms with Crippen LogP contribution < -0.4 is 4.74 Å². The average molecular weight is 383 g/mol. The van der Waals surface area contributed by atoms with Crippen molar-refractivity contribution in [1.29, 1.82) is 0 Å². The summed E-state index contributed by atoms with van der Waals surface area (Å²) in [4.78, 5) is 11.0. The van der Waals surface area contributed by atoms with E-state index in [1.807, 2.05) is 0 Å². The summed E-state index contributed by atoms with van der Waals surface area (Å²) in [7, 11) is 0. The maximum atomic E-state index is 11.0. The van der Waals surface area contributed by atoms with Crippen molar-refractivity contribution in [3.05, 3.63) is 39.5 Å². The molecule has 0 spiro atoms. The molecule has 0 aliphatic heterocycles. The maximum Gasteiger partial charge on any atom is 0.335 e. The third kappa shape index (κ3) is 2.39. The SMILES string of the molecule is O=C(O)c1ccc(I)c(Oc2ccc3nnnn3n2)c1. The molecule has 0 aliphatic rings. The average Bonchev–Trinajstić information content (AvgIpc) is 2.88. The summed E-state index contributed by atoms with van der Waals surface area (Å²) in [5.41, 5.74) is 0.634. The molecule has 0 radical (unpaired) electrons. The van der Waals surface area contributed by atoms with Crippen molar-refractivity contribution in [2.45, 2.75) is 0 Å². The molecule has 1 aromatic carbocycles. The van der Waals surface area contributed by atoms with Gasteiger partial charge in [0.15, 0.2) is 5.65 Å². The van der Waals surface area contributed by atoms with Crippen molar-refractivity contribution in [3.8, 4) is 11.6 Å². The third-order valence-electron chi connectivity index (χ3n) is 2.44. The lowest BCUT2D eigenvalue weighted by atomic mass is 10.2. The van der Waals surface area contributed by atoms with Gasteiger partial charge in [-0.15, -0.1) is 14.8 Å². The monoisotopic (exact) mass is 383 g/mol. The van der Waals surface area contributed by atoms with Crippen molar-refractivity contribution < 1.29 is 14.6 Å². The van der Waals surface area contributed by atoms with Crippen molar-refractivity contribution in [2.75, 3.05) is 0 Å². The quantitative estimate of drug-likeness (QED) is 0.686. The van der Waals surface area contributed by atoms with Gasteiger partial charge in [-0.2, -0.15) is 0 Å². The van der Waals surface area contributed by atoms with Gasteiger partial charge in [0.2, 0.25) is 5.88 Å². The molecule has 0 unspecified atom stereocenters. The molecule has 2 aromatic heterocycles. The Labute approximate surface area is 125 Å². The molecule has 9 heteroatoms. The molecule has 20 heavy (non-hydrogen) atoms. The molecule has 0 bridgehead atoms. The summed E-state index contributed by atoms with van der Waals surface area (Å²) in [6.45, 7) is 0. The maximum absolute atomic E-state index is 11.0. The van der Waals surface area contributed by atoms with E-state index in [1.54, 1.807) is 18.2 Å². The number of fused-ring (bicyclic) bond motifs is 1. The predicted molar refractivity (Wildman–Crippen MR) is 74.8 cm³/mol. The number of hydrogen-bond donors (Lipinski definition) is 1. The van der Waals surface area contributed by atoms with Gasteiger partial charge in [0, 0.05) is 6.07 Å². The molecule has 1 N–H and O–H groups in total. The summed E-state index contributed by atoms with van der Waals surface area (Å²) in [6.07, 6.45) is 0. The molecule has 2 heterocycles. The first kappa shape index (κ1) is 12.7. The molecular formula is C11H6IN5O3. The van der Waals surface area contributed by atoms with E-state index in [9.17, 15) is 4.79 Å². The van der Waals surface area contributed by atoms with Crippen LogP contribution in [-0.2, 0) is 0 Å². The van der Waals surface area contributed by atoms with Gasteiger partial charge in [-0.25, -0.2) is 4.79 Å². The Balaban J connectivity index is 1.97. The Morgan fingerprint density at radius 2 is 2.15 bits per heavy atom. The number of nitrogens with zero attached hydrogens (tertiary/aromatic N) is 5. The molecule has 0 saturated carbocycles. The number of tetrazole rings is 1. The Bertz CT molecular complexity index is 804. The highest BCUT2D eigenvalue weighted by atomic mass is 127. The van der Waals surface area contributed by atoms with E-state index in [2.05, 4.69) is 43.2 Å². The van der Waals surface area contributed by atoms with Crippen molar-refractivity contribution in [3.63, 3.8) is 0 Å². The van der Waals surface area contributed by atoms with Gasteiger partial charge in [-0.05, 0) is 57.3 Å². The lowest BCUT2D eigenvalue weighted by molar-refractivity contribution is 0.0696. The smallest absolute Gasteiger partial charge is 0.335 e. The fourth-order valence-corrected chi connectivity index (χ4v) is 1.96. The summed E-state index contributed by atoms with van der Waals surface area (Å²) in [6, 6.07) is 7.87. The van der Waals surface area contributed by atoms with Crippen molar-refractivity contribution >= 4 is 34.2 Å². The van der Waals surface area contributed by atoms with E-state index in [0.717, 1.165) is 3.57 Å². The summed E-state index contributed by atoms with van der Waals surface area (Å²) in [5.74, 6) is -0.342. The van der Waals surface area contributed by atoms with E-state index in [4.69, 9.17) is 9.84 Å². The molecule has 3 rings (SSSR count). The fraction of sp³-hybridized carbons (Fsp3) is 0. The van der Waals surface area contributed by atoms with Crippen LogP contribution in [0.25, 0.3) is 5.65 Å². The number of carboxylic acid groups (broad SMARTS) is 1. The zero-order valence-electron chi connectivity index (χ0n) is 9.76. The second-order valence-corrected chi connectivity index (χ2v) is 4.91. The second kappa shape index (κ2) is 5.00. The highest BCUT2D eigenvalue weighted by Gasteiger charge is 2.10. The molecular weight excluding hydrogens is 377 g/mol. The molecule has 3 aromatic rings. The summed E-state index contributed by atoms with van der Waals surface area (Å²) >= 11 is 2.05. The molecule has 0 fully saturated rings. The molecule has 0 amide bonds. The number of carboxylic acids is 1. The van der Waals surface area contributed by atoms with Crippen molar-refractivity contribution in [2.24, 2.45) is 0 Å². The molecule has 0 atom stereocenters. The predicted octanol–water partition coefficient (Wildman–Crippen LogP) is 1.61. The number of rotatable bonds is 3. The number of aromatic carboxylic acids is 1. The largest absolute Gasteiger partial charge is 0.478 e. The first-order chi connectivity index (χ1) is 9.63. The standard InChI is InChI=1S/C11H6IN5O3/c12-7-2-1-6(11(18)19)5-8(7)20-10-4-3-9-13-15-16-17(9)14-10/h1-5H,(H,18,19). The Morgan fingerprint density at radius 1 is 1.30 bits per heavy atom. The number of halogens is 1. The van der Waals surface area contributed by atoms with Crippen LogP contribution in [0, 0.1) is 3.57 Å².